The van der Waals surface area contributed by atoms with E-state index < -0.39 is 0 Å². The summed E-state index contributed by atoms with van der Waals surface area (Å²) in [6, 6.07) is 17.9. The summed E-state index contributed by atoms with van der Waals surface area (Å²) in [6.07, 6.45) is -0.0981. The van der Waals surface area contributed by atoms with E-state index in [0.717, 1.165) is 22.6 Å². The molecule has 1 aliphatic heterocycles. The molecule has 3 aromatic rings. The molecule has 2 N–H and O–H groups in total. The molecule has 0 saturated heterocycles. The largest absolute Gasteiger partial charge is 0.497 e. The van der Waals surface area contributed by atoms with Crippen molar-refractivity contribution in [1.29, 1.82) is 0 Å². The summed E-state index contributed by atoms with van der Waals surface area (Å²) in [5.74, 6) is 0.740. The first-order valence-corrected chi connectivity index (χ1v) is 8.95. The summed E-state index contributed by atoms with van der Waals surface area (Å²) >= 11 is 0. The predicted molar refractivity (Wildman–Crippen MR) is 104 cm³/mol. The van der Waals surface area contributed by atoms with Crippen molar-refractivity contribution in [2.24, 2.45) is 0 Å². The number of nitrogens with one attached hydrogen (secondary N) is 2. The molecule has 0 aliphatic carbocycles. The van der Waals surface area contributed by atoms with Crippen molar-refractivity contribution in [2.75, 3.05) is 13.7 Å². The fourth-order valence-electron chi connectivity index (χ4n) is 3.17. The molecular weight excluding hydrogens is 340 g/mol. The van der Waals surface area contributed by atoms with E-state index in [-0.39, 0.29) is 12.1 Å². The van der Waals surface area contributed by atoms with Gasteiger partial charge in [0.15, 0.2) is 0 Å². The van der Waals surface area contributed by atoms with Crippen LogP contribution in [-0.4, -0.2) is 29.3 Å². The average Bonchev–Trinajstić information content (AvgIpc) is 3.15. The van der Waals surface area contributed by atoms with Crippen molar-refractivity contribution in [2.45, 2.75) is 19.6 Å². The van der Waals surface area contributed by atoms with Gasteiger partial charge in [0.05, 0.1) is 19.3 Å². The first kappa shape index (κ1) is 17.3. The number of aromatic nitrogens is 2. The van der Waals surface area contributed by atoms with Crippen LogP contribution in [0, 0.1) is 6.92 Å². The van der Waals surface area contributed by atoms with Crippen LogP contribution in [0.1, 0.15) is 27.8 Å². The molecule has 138 valence electrons. The third-order valence-electron chi connectivity index (χ3n) is 4.77. The third kappa shape index (κ3) is 3.57. The van der Waals surface area contributed by atoms with Gasteiger partial charge in [-0.05, 0) is 30.7 Å². The number of carbonyl (C=O) groups excluding carboxylic acids is 1. The normalized spacial score (nSPS) is 15.9. The van der Waals surface area contributed by atoms with Crippen molar-refractivity contribution < 1.29 is 9.53 Å². The van der Waals surface area contributed by atoms with Crippen molar-refractivity contribution in [3.8, 4) is 17.0 Å². The van der Waals surface area contributed by atoms with Gasteiger partial charge in [-0.15, -0.1) is 0 Å². The molecule has 0 spiro atoms. The lowest BCUT2D eigenvalue weighted by atomic mass is 10.1. The summed E-state index contributed by atoms with van der Waals surface area (Å²) in [5, 5.41) is 11.1. The fraction of sp³-hybridized carbons (Fsp3) is 0.238. The van der Waals surface area contributed by atoms with E-state index in [2.05, 4.69) is 17.6 Å². The summed E-state index contributed by atoms with van der Waals surface area (Å²) in [6.45, 7) is 3.22. The first-order valence-electron chi connectivity index (χ1n) is 8.95. The van der Waals surface area contributed by atoms with Gasteiger partial charge in [0.25, 0.3) is 5.91 Å². The molecular formula is C21H22N4O2. The molecule has 0 fully saturated rings. The Morgan fingerprint density at radius 3 is 2.63 bits per heavy atom. The Morgan fingerprint density at radius 2 is 1.93 bits per heavy atom. The third-order valence-corrected chi connectivity index (χ3v) is 4.77. The van der Waals surface area contributed by atoms with Crippen LogP contribution in [0.2, 0.25) is 0 Å². The zero-order valence-corrected chi connectivity index (χ0v) is 15.4. The number of nitrogens with zero attached hydrogens (tertiary/aromatic N) is 2. The number of ether oxygens (including phenoxy) is 1. The summed E-state index contributed by atoms with van der Waals surface area (Å²) in [7, 11) is 1.66. The Hall–Kier alpha value is -3.12. The van der Waals surface area contributed by atoms with E-state index in [4.69, 9.17) is 9.84 Å². The number of hydrogen-bond acceptors (Lipinski definition) is 4. The molecule has 0 saturated carbocycles. The van der Waals surface area contributed by atoms with E-state index in [9.17, 15) is 4.79 Å². The molecule has 4 rings (SSSR count). The van der Waals surface area contributed by atoms with Crippen LogP contribution in [0.15, 0.2) is 54.6 Å². The van der Waals surface area contributed by atoms with Crippen LogP contribution in [0.3, 0.4) is 0 Å². The van der Waals surface area contributed by atoms with E-state index in [1.54, 1.807) is 11.8 Å². The predicted octanol–water partition coefficient (Wildman–Crippen LogP) is 2.90. The number of hydrogen-bond donors (Lipinski definition) is 2. The average molecular weight is 362 g/mol. The van der Waals surface area contributed by atoms with Crippen LogP contribution in [0.5, 0.6) is 5.75 Å². The van der Waals surface area contributed by atoms with Crippen molar-refractivity contribution >= 4 is 5.91 Å². The Balaban J connectivity index is 1.55. The van der Waals surface area contributed by atoms with Crippen LogP contribution in [0.4, 0.5) is 0 Å². The van der Waals surface area contributed by atoms with Crippen LogP contribution in [0.25, 0.3) is 11.3 Å². The highest BCUT2D eigenvalue weighted by Gasteiger charge is 2.27. The number of benzene rings is 2. The molecule has 27 heavy (non-hydrogen) atoms. The Labute approximate surface area is 158 Å². The molecule has 0 bridgehead atoms. The molecule has 1 atom stereocenters. The number of aryl methyl sites for hydroxylation is 1. The van der Waals surface area contributed by atoms with Gasteiger partial charge in [0, 0.05) is 12.1 Å². The fourth-order valence-corrected chi connectivity index (χ4v) is 3.17. The molecule has 0 unspecified atom stereocenters. The first-order chi connectivity index (χ1) is 13.1. The minimum absolute atomic E-state index is 0.0941. The van der Waals surface area contributed by atoms with Gasteiger partial charge in [-0.1, -0.05) is 42.0 Å². The quantitative estimate of drug-likeness (QED) is 0.732. The van der Waals surface area contributed by atoms with Gasteiger partial charge in [0.1, 0.15) is 17.6 Å². The number of amides is 1. The topological polar surface area (TPSA) is 68.2 Å². The van der Waals surface area contributed by atoms with Gasteiger partial charge in [-0.3, -0.25) is 10.1 Å². The Bertz CT molecular complexity index is 945. The van der Waals surface area contributed by atoms with Gasteiger partial charge < -0.3 is 10.1 Å². The highest BCUT2D eigenvalue weighted by atomic mass is 16.5. The molecule has 1 aromatic heterocycles. The van der Waals surface area contributed by atoms with Crippen LogP contribution >= 0.6 is 0 Å². The smallest absolute Gasteiger partial charge is 0.269 e. The Kier molecular flexibility index (Phi) is 4.64. The highest BCUT2D eigenvalue weighted by molar-refractivity contribution is 5.94. The van der Waals surface area contributed by atoms with Gasteiger partial charge in [0.2, 0.25) is 0 Å². The van der Waals surface area contributed by atoms with Gasteiger partial charge in [-0.2, -0.15) is 5.10 Å². The standard InChI is InChI=1S/C21H22N4O2/c1-14-3-7-16(8-4-14)18-11-19-21(26)23-13-20(25(19)24-18)22-12-15-5-9-17(27-2)10-6-15/h3-11,20,22H,12-13H2,1-2H3,(H,23,26)/t20-/m1/s1. The zero-order chi connectivity index (χ0) is 18.8. The van der Waals surface area contributed by atoms with Crippen molar-refractivity contribution in [1.82, 2.24) is 20.4 Å². The monoisotopic (exact) mass is 362 g/mol. The second-order valence-corrected chi connectivity index (χ2v) is 6.68. The Morgan fingerprint density at radius 1 is 1.19 bits per heavy atom. The number of methoxy groups -OCH3 is 1. The van der Waals surface area contributed by atoms with E-state index in [1.165, 1.54) is 5.56 Å². The molecule has 2 heterocycles. The second kappa shape index (κ2) is 7.25. The molecule has 1 amide bonds. The molecule has 6 heteroatoms. The number of carbonyl (C=O) groups is 1. The molecule has 0 radical (unpaired) electrons. The highest BCUT2D eigenvalue weighted by Crippen LogP contribution is 2.23. The van der Waals surface area contributed by atoms with Gasteiger partial charge in [-0.25, -0.2) is 4.68 Å². The summed E-state index contributed by atoms with van der Waals surface area (Å²) < 4.78 is 6.98. The second-order valence-electron chi connectivity index (χ2n) is 6.68. The van der Waals surface area contributed by atoms with E-state index in [1.807, 2.05) is 54.6 Å². The lowest BCUT2D eigenvalue weighted by molar-refractivity contribution is 0.0900. The maximum Gasteiger partial charge on any atom is 0.269 e. The van der Waals surface area contributed by atoms with Crippen molar-refractivity contribution in [3.63, 3.8) is 0 Å². The van der Waals surface area contributed by atoms with E-state index >= 15 is 0 Å². The summed E-state index contributed by atoms with van der Waals surface area (Å²) in [5.41, 5.74) is 4.71. The lowest BCUT2D eigenvalue weighted by Crippen LogP contribution is -2.45. The molecule has 2 aromatic carbocycles. The molecule has 1 aliphatic rings. The van der Waals surface area contributed by atoms with Crippen LogP contribution in [-0.2, 0) is 6.54 Å². The minimum atomic E-state index is -0.0981. The zero-order valence-electron chi connectivity index (χ0n) is 15.4. The lowest BCUT2D eigenvalue weighted by Gasteiger charge is -2.25. The molecule has 6 nitrogen and oxygen atoms in total. The van der Waals surface area contributed by atoms with Crippen LogP contribution < -0.4 is 15.4 Å². The van der Waals surface area contributed by atoms with Gasteiger partial charge >= 0.3 is 0 Å². The summed E-state index contributed by atoms with van der Waals surface area (Å²) in [4.78, 5) is 12.3. The van der Waals surface area contributed by atoms with Crippen molar-refractivity contribution in [3.05, 3.63) is 71.4 Å². The SMILES string of the molecule is COc1ccc(CN[C@H]2CNC(=O)c3cc(-c4ccc(C)cc4)nn32)cc1. The van der Waals surface area contributed by atoms with E-state index in [0.29, 0.717) is 18.8 Å². The maximum atomic E-state index is 12.3. The minimum Gasteiger partial charge on any atom is -0.497 e. The number of rotatable bonds is 5. The number of fused-ring (bicyclic) bond motifs is 1. The maximum absolute atomic E-state index is 12.3.